The third-order valence-corrected chi connectivity index (χ3v) is 4.13. The fourth-order valence-corrected chi connectivity index (χ4v) is 2.84. The first kappa shape index (κ1) is 12.3. The Kier molecular flexibility index (Phi) is 4.35. The number of rotatable bonds is 5. The van der Waals surface area contributed by atoms with Gasteiger partial charge in [0.25, 0.3) is 0 Å². The fourth-order valence-electron chi connectivity index (χ4n) is 1.80. The molecule has 2 heteroatoms. The van der Waals surface area contributed by atoms with Crippen LogP contribution in [0, 0.1) is 0 Å². The first-order valence-electron chi connectivity index (χ1n) is 6.19. The van der Waals surface area contributed by atoms with Crippen LogP contribution in [0.25, 0.3) is 10.4 Å². The molecular weight excluding hydrogens is 226 g/mol. The van der Waals surface area contributed by atoms with Gasteiger partial charge in [0.15, 0.2) is 0 Å². The van der Waals surface area contributed by atoms with Gasteiger partial charge in [-0.05, 0) is 37.6 Å². The van der Waals surface area contributed by atoms with Gasteiger partial charge in [0, 0.05) is 15.8 Å². The molecule has 90 valence electrons. The van der Waals surface area contributed by atoms with Crippen molar-refractivity contribution in [1.29, 1.82) is 0 Å². The molecule has 1 N–H and O–H groups in total. The Labute approximate surface area is 108 Å². The summed E-state index contributed by atoms with van der Waals surface area (Å²) in [6.45, 7) is 5.51. The molecule has 2 aromatic rings. The Hall–Kier alpha value is -1.12. The fraction of sp³-hybridized carbons (Fsp3) is 0.333. The van der Waals surface area contributed by atoms with Crippen molar-refractivity contribution in [3.05, 3.63) is 47.3 Å². The largest absolute Gasteiger partial charge is 0.309 e. The highest BCUT2D eigenvalue weighted by molar-refractivity contribution is 7.15. The molecule has 0 saturated carbocycles. The van der Waals surface area contributed by atoms with E-state index in [4.69, 9.17) is 0 Å². The Morgan fingerprint density at radius 2 is 1.88 bits per heavy atom. The summed E-state index contributed by atoms with van der Waals surface area (Å²) in [6, 6.07) is 15.5. The zero-order valence-electron chi connectivity index (χ0n) is 10.4. The highest BCUT2D eigenvalue weighted by Gasteiger charge is 2.08. The topological polar surface area (TPSA) is 12.0 Å². The lowest BCUT2D eigenvalue weighted by Gasteiger charge is -2.10. The first-order chi connectivity index (χ1) is 8.31. The van der Waals surface area contributed by atoms with E-state index >= 15 is 0 Å². The second-order valence-electron chi connectivity index (χ2n) is 4.24. The summed E-state index contributed by atoms with van der Waals surface area (Å²) in [4.78, 5) is 2.77. The molecule has 0 amide bonds. The normalized spacial score (nSPS) is 12.6. The van der Waals surface area contributed by atoms with Crippen molar-refractivity contribution < 1.29 is 0 Å². The molecule has 17 heavy (non-hydrogen) atoms. The predicted octanol–water partition coefficient (Wildman–Crippen LogP) is 4.48. The Morgan fingerprint density at radius 3 is 2.59 bits per heavy atom. The van der Waals surface area contributed by atoms with Gasteiger partial charge in [-0.25, -0.2) is 0 Å². The molecule has 0 radical (unpaired) electrons. The highest BCUT2D eigenvalue weighted by atomic mass is 32.1. The molecule has 0 aliphatic carbocycles. The summed E-state index contributed by atoms with van der Waals surface area (Å²) in [6.07, 6.45) is 1.18. The molecular formula is C15H19NS. The Bertz CT molecular complexity index is 447. The predicted molar refractivity (Wildman–Crippen MR) is 76.5 cm³/mol. The van der Waals surface area contributed by atoms with Crippen molar-refractivity contribution in [2.75, 3.05) is 6.54 Å². The lowest BCUT2D eigenvalue weighted by Crippen LogP contribution is -2.18. The lowest BCUT2D eigenvalue weighted by molar-refractivity contribution is 0.578. The van der Waals surface area contributed by atoms with Crippen LogP contribution in [0.3, 0.4) is 0 Å². The average molecular weight is 245 g/mol. The van der Waals surface area contributed by atoms with Gasteiger partial charge >= 0.3 is 0 Å². The van der Waals surface area contributed by atoms with Gasteiger partial charge in [-0.1, -0.05) is 37.3 Å². The van der Waals surface area contributed by atoms with Crippen LogP contribution in [0.4, 0.5) is 0 Å². The van der Waals surface area contributed by atoms with Crippen molar-refractivity contribution in [3.8, 4) is 10.4 Å². The Balaban J connectivity index is 2.11. The van der Waals surface area contributed by atoms with Gasteiger partial charge < -0.3 is 5.32 Å². The number of benzene rings is 1. The SMILES string of the molecule is CCCNC(C)c1ccc(-c2ccccc2)s1. The molecule has 1 aromatic carbocycles. The average Bonchev–Trinajstić information content (AvgIpc) is 2.86. The lowest BCUT2D eigenvalue weighted by atomic mass is 10.2. The molecule has 0 saturated heterocycles. The van der Waals surface area contributed by atoms with Gasteiger partial charge in [-0.3, -0.25) is 0 Å². The third-order valence-electron chi connectivity index (χ3n) is 2.81. The van der Waals surface area contributed by atoms with Crippen LogP contribution in [0.5, 0.6) is 0 Å². The summed E-state index contributed by atoms with van der Waals surface area (Å²) in [5, 5.41) is 3.52. The molecule has 2 rings (SSSR count). The molecule has 1 nitrogen and oxygen atoms in total. The summed E-state index contributed by atoms with van der Waals surface area (Å²) >= 11 is 1.88. The third kappa shape index (κ3) is 3.18. The number of thiophene rings is 1. The summed E-state index contributed by atoms with van der Waals surface area (Å²) in [7, 11) is 0. The maximum atomic E-state index is 3.52. The van der Waals surface area contributed by atoms with Crippen molar-refractivity contribution in [2.24, 2.45) is 0 Å². The Morgan fingerprint density at radius 1 is 1.12 bits per heavy atom. The van der Waals surface area contributed by atoms with Crippen LogP contribution in [-0.4, -0.2) is 6.54 Å². The highest BCUT2D eigenvalue weighted by Crippen LogP contribution is 2.31. The minimum atomic E-state index is 0.456. The van der Waals surface area contributed by atoms with E-state index in [2.05, 4.69) is 61.6 Å². The van der Waals surface area contributed by atoms with Crippen LogP contribution in [0.15, 0.2) is 42.5 Å². The molecule has 0 aliphatic rings. The maximum absolute atomic E-state index is 3.52. The van der Waals surface area contributed by atoms with Crippen LogP contribution in [-0.2, 0) is 0 Å². The zero-order valence-corrected chi connectivity index (χ0v) is 11.3. The second-order valence-corrected chi connectivity index (χ2v) is 5.36. The molecule has 1 heterocycles. The van der Waals surface area contributed by atoms with Crippen molar-refractivity contribution in [2.45, 2.75) is 26.3 Å². The minimum Gasteiger partial charge on any atom is -0.309 e. The van der Waals surface area contributed by atoms with Crippen molar-refractivity contribution in [1.82, 2.24) is 5.32 Å². The molecule has 1 atom stereocenters. The molecule has 0 bridgehead atoms. The minimum absolute atomic E-state index is 0.456. The standard InChI is InChI=1S/C15H19NS/c1-3-11-16-12(2)14-9-10-15(17-14)13-7-5-4-6-8-13/h4-10,12,16H,3,11H2,1-2H3. The van der Waals surface area contributed by atoms with E-state index in [1.165, 1.54) is 21.7 Å². The number of hydrogen-bond donors (Lipinski definition) is 1. The molecule has 1 unspecified atom stereocenters. The smallest absolute Gasteiger partial charge is 0.0386 e. The van der Waals surface area contributed by atoms with Crippen LogP contribution in [0.2, 0.25) is 0 Å². The van der Waals surface area contributed by atoms with E-state index in [0.29, 0.717) is 6.04 Å². The summed E-state index contributed by atoms with van der Waals surface area (Å²) in [5.74, 6) is 0. The molecule has 0 spiro atoms. The van der Waals surface area contributed by atoms with Gasteiger partial charge in [0.05, 0.1) is 0 Å². The maximum Gasteiger partial charge on any atom is 0.0386 e. The molecule has 1 aromatic heterocycles. The molecule has 0 aliphatic heterocycles. The van der Waals surface area contributed by atoms with E-state index in [9.17, 15) is 0 Å². The van der Waals surface area contributed by atoms with E-state index in [1.54, 1.807) is 0 Å². The molecule has 0 fully saturated rings. The second kappa shape index (κ2) is 5.99. The summed E-state index contributed by atoms with van der Waals surface area (Å²) < 4.78 is 0. The van der Waals surface area contributed by atoms with E-state index in [-0.39, 0.29) is 0 Å². The van der Waals surface area contributed by atoms with Crippen LogP contribution >= 0.6 is 11.3 Å². The van der Waals surface area contributed by atoms with E-state index in [0.717, 1.165) is 6.54 Å². The zero-order chi connectivity index (χ0) is 12.1. The van der Waals surface area contributed by atoms with Gasteiger partial charge in [-0.2, -0.15) is 0 Å². The number of hydrogen-bond acceptors (Lipinski definition) is 2. The van der Waals surface area contributed by atoms with E-state index in [1.807, 2.05) is 11.3 Å². The van der Waals surface area contributed by atoms with Crippen molar-refractivity contribution >= 4 is 11.3 Å². The monoisotopic (exact) mass is 245 g/mol. The number of nitrogens with one attached hydrogen (secondary N) is 1. The van der Waals surface area contributed by atoms with Crippen LogP contribution < -0.4 is 5.32 Å². The first-order valence-corrected chi connectivity index (χ1v) is 7.01. The summed E-state index contributed by atoms with van der Waals surface area (Å²) in [5.41, 5.74) is 1.31. The quantitative estimate of drug-likeness (QED) is 0.819. The van der Waals surface area contributed by atoms with Crippen molar-refractivity contribution in [3.63, 3.8) is 0 Å². The van der Waals surface area contributed by atoms with Crippen LogP contribution in [0.1, 0.15) is 31.2 Å². The van der Waals surface area contributed by atoms with E-state index < -0.39 is 0 Å². The van der Waals surface area contributed by atoms with Gasteiger partial charge in [-0.15, -0.1) is 11.3 Å². The van der Waals surface area contributed by atoms with Gasteiger partial charge in [0.2, 0.25) is 0 Å². The van der Waals surface area contributed by atoms with Gasteiger partial charge in [0.1, 0.15) is 0 Å².